The van der Waals surface area contributed by atoms with Crippen LogP contribution in [0.25, 0.3) is 0 Å². The molecule has 0 radical (unpaired) electrons. The monoisotopic (exact) mass is 197 g/mol. The zero-order chi connectivity index (χ0) is 10.1. The van der Waals surface area contributed by atoms with Gasteiger partial charge in [0, 0.05) is 25.7 Å². The summed E-state index contributed by atoms with van der Waals surface area (Å²) in [4.78, 5) is 13.3. The van der Waals surface area contributed by atoms with Gasteiger partial charge in [0.05, 0.1) is 0 Å². The maximum atomic E-state index is 11.5. The third kappa shape index (κ3) is 2.38. The zero-order valence-corrected chi connectivity index (χ0v) is 8.70. The molecule has 2 rings (SSSR count). The maximum Gasteiger partial charge on any atom is 0.317 e. The largest absolute Gasteiger partial charge is 0.335 e. The number of nitrogens with two attached hydrogens (primary N) is 1. The minimum Gasteiger partial charge on any atom is -0.335 e. The summed E-state index contributed by atoms with van der Waals surface area (Å²) in [5, 5.41) is 2.97. The Morgan fingerprint density at radius 3 is 2.64 bits per heavy atom. The molecule has 0 aromatic rings. The number of hydrogen-bond donors (Lipinski definition) is 2. The van der Waals surface area contributed by atoms with Gasteiger partial charge in [0.2, 0.25) is 0 Å². The van der Waals surface area contributed by atoms with Crippen molar-refractivity contribution in [1.82, 2.24) is 10.2 Å². The summed E-state index contributed by atoms with van der Waals surface area (Å²) in [6, 6.07) is 0.904. The van der Waals surface area contributed by atoms with E-state index in [0.29, 0.717) is 18.0 Å². The fourth-order valence-electron chi connectivity index (χ4n) is 1.92. The Morgan fingerprint density at radius 2 is 2.14 bits per heavy atom. The quantitative estimate of drug-likeness (QED) is 0.693. The van der Waals surface area contributed by atoms with E-state index in [4.69, 9.17) is 5.73 Å². The number of urea groups is 1. The molecule has 0 aromatic heterocycles. The van der Waals surface area contributed by atoms with Gasteiger partial charge in [0.15, 0.2) is 0 Å². The van der Waals surface area contributed by atoms with E-state index < -0.39 is 0 Å². The van der Waals surface area contributed by atoms with Crippen LogP contribution in [0.3, 0.4) is 0 Å². The Bertz CT molecular complexity index is 221. The van der Waals surface area contributed by atoms with Crippen molar-refractivity contribution < 1.29 is 4.79 Å². The van der Waals surface area contributed by atoms with Gasteiger partial charge in [-0.25, -0.2) is 4.79 Å². The Labute approximate surface area is 84.8 Å². The highest BCUT2D eigenvalue weighted by Gasteiger charge is 2.29. The van der Waals surface area contributed by atoms with E-state index in [1.54, 1.807) is 4.90 Å². The topological polar surface area (TPSA) is 58.4 Å². The molecule has 4 heteroatoms. The smallest absolute Gasteiger partial charge is 0.317 e. The van der Waals surface area contributed by atoms with E-state index in [-0.39, 0.29) is 6.03 Å². The molecule has 2 amide bonds. The molecule has 0 bridgehead atoms. The van der Waals surface area contributed by atoms with Crippen molar-refractivity contribution in [3.05, 3.63) is 0 Å². The molecule has 80 valence electrons. The van der Waals surface area contributed by atoms with Gasteiger partial charge in [0.1, 0.15) is 0 Å². The van der Waals surface area contributed by atoms with Gasteiger partial charge < -0.3 is 16.0 Å². The fourth-order valence-corrected chi connectivity index (χ4v) is 1.92. The first-order valence-corrected chi connectivity index (χ1v) is 5.42. The molecule has 0 heterocycles. The maximum absolute atomic E-state index is 11.5. The van der Waals surface area contributed by atoms with Crippen LogP contribution in [0.1, 0.15) is 25.7 Å². The van der Waals surface area contributed by atoms with Crippen LogP contribution in [-0.4, -0.2) is 36.6 Å². The third-order valence-electron chi connectivity index (χ3n) is 3.06. The average Bonchev–Trinajstić information content (AvgIpc) is 2.85. The van der Waals surface area contributed by atoms with Crippen LogP contribution in [0.15, 0.2) is 0 Å². The van der Waals surface area contributed by atoms with E-state index in [9.17, 15) is 4.79 Å². The highest BCUT2D eigenvalue weighted by molar-refractivity contribution is 5.74. The zero-order valence-electron chi connectivity index (χ0n) is 8.70. The summed E-state index contributed by atoms with van der Waals surface area (Å²) in [7, 11) is 1.86. The molecular weight excluding hydrogens is 178 g/mol. The predicted octanol–water partition coefficient (Wildman–Crippen LogP) is 0.527. The summed E-state index contributed by atoms with van der Waals surface area (Å²) in [5.74, 6) is 0.625. The lowest BCUT2D eigenvalue weighted by Crippen LogP contribution is -2.46. The standard InChI is InChI=1S/C10H19N3O/c1-13(6-7-4-8(11)5-7)10(14)12-9-2-3-9/h7-9H,2-6,11H2,1H3,(H,12,14). The summed E-state index contributed by atoms with van der Waals surface area (Å²) >= 11 is 0. The van der Waals surface area contributed by atoms with E-state index in [2.05, 4.69) is 5.32 Å². The number of amides is 2. The Balaban J connectivity index is 1.66. The molecule has 4 nitrogen and oxygen atoms in total. The van der Waals surface area contributed by atoms with Gasteiger partial charge >= 0.3 is 6.03 Å². The van der Waals surface area contributed by atoms with Crippen molar-refractivity contribution in [3.63, 3.8) is 0 Å². The first-order valence-electron chi connectivity index (χ1n) is 5.42. The van der Waals surface area contributed by atoms with Crippen LogP contribution in [0.5, 0.6) is 0 Å². The van der Waals surface area contributed by atoms with E-state index >= 15 is 0 Å². The SMILES string of the molecule is CN(CC1CC(N)C1)C(=O)NC1CC1. The highest BCUT2D eigenvalue weighted by Crippen LogP contribution is 2.26. The first-order chi connectivity index (χ1) is 6.65. The molecule has 0 spiro atoms. The van der Waals surface area contributed by atoms with Gasteiger partial charge in [-0.2, -0.15) is 0 Å². The molecule has 2 aliphatic carbocycles. The number of carbonyl (C=O) groups excluding carboxylic acids is 1. The molecule has 0 aliphatic heterocycles. The summed E-state index contributed by atoms with van der Waals surface area (Å²) in [6.07, 6.45) is 4.43. The van der Waals surface area contributed by atoms with E-state index in [0.717, 1.165) is 32.2 Å². The number of hydrogen-bond acceptors (Lipinski definition) is 2. The van der Waals surface area contributed by atoms with Crippen LogP contribution < -0.4 is 11.1 Å². The fraction of sp³-hybridized carbons (Fsp3) is 0.900. The minimum atomic E-state index is 0.0768. The van der Waals surface area contributed by atoms with E-state index in [1.165, 1.54) is 0 Å². The molecular formula is C10H19N3O. The molecule has 2 aliphatic rings. The van der Waals surface area contributed by atoms with Crippen LogP contribution in [-0.2, 0) is 0 Å². The van der Waals surface area contributed by atoms with Gasteiger partial charge in [-0.3, -0.25) is 0 Å². The molecule has 2 fully saturated rings. The summed E-state index contributed by atoms with van der Waals surface area (Å²) in [5.41, 5.74) is 5.69. The lowest BCUT2D eigenvalue weighted by molar-refractivity contribution is 0.172. The number of nitrogens with one attached hydrogen (secondary N) is 1. The van der Waals surface area contributed by atoms with Crippen molar-refractivity contribution in [2.45, 2.75) is 37.8 Å². The number of rotatable bonds is 3. The van der Waals surface area contributed by atoms with Crippen molar-refractivity contribution in [3.8, 4) is 0 Å². The molecule has 14 heavy (non-hydrogen) atoms. The molecule has 0 atom stereocenters. The van der Waals surface area contributed by atoms with Crippen LogP contribution in [0, 0.1) is 5.92 Å². The Morgan fingerprint density at radius 1 is 1.50 bits per heavy atom. The molecule has 0 saturated heterocycles. The molecule has 0 aromatic carbocycles. The minimum absolute atomic E-state index is 0.0768. The van der Waals surface area contributed by atoms with E-state index in [1.807, 2.05) is 7.05 Å². The Kier molecular flexibility index (Phi) is 2.63. The van der Waals surface area contributed by atoms with Crippen molar-refractivity contribution >= 4 is 6.03 Å². The summed E-state index contributed by atoms with van der Waals surface area (Å²) < 4.78 is 0. The van der Waals surface area contributed by atoms with Gasteiger partial charge in [-0.05, 0) is 31.6 Å². The van der Waals surface area contributed by atoms with Crippen LogP contribution in [0.4, 0.5) is 4.79 Å². The Hall–Kier alpha value is -0.770. The lowest BCUT2D eigenvalue weighted by atomic mass is 9.81. The number of nitrogens with zero attached hydrogens (tertiary/aromatic N) is 1. The highest BCUT2D eigenvalue weighted by atomic mass is 16.2. The lowest BCUT2D eigenvalue weighted by Gasteiger charge is -2.35. The molecule has 0 unspecified atom stereocenters. The van der Waals surface area contributed by atoms with Crippen molar-refractivity contribution in [2.75, 3.05) is 13.6 Å². The van der Waals surface area contributed by atoms with Gasteiger partial charge in [-0.1, -0.05) is 0 Å². The van der Waals surface area contributed by atoms with Crippen molar-refractivity contribution in [2.24, 2.45) is 11.7 Å². The van der Waals surface area contributed by atoms with Crippen LogP contribution >= 0.6 is 0 Å². The summed E-state index contributed by atoms with van der Waals surface area (Å²) in [6.45, 7) is 0.853. The molecule has 3 N–H and O–H groups in total. The molecule has 2 saturated carbocycles. The average molecular weight is 197 g/mol. The first kappa shape index (κ1) is 9.77. The normalized spacial score (nSPS) is 30.7. The third-order valence-corrected chi connectivity index (χ3v) is 3.06. The van der Waals surface area contributed by atoms with Gasteiger partial charge in [0.25, 0.3) is 0 Å². The second kappa shape index (κ2) is 3.77. The second-order valence-electron chi connectivity index (χ2n) is 4.70. The van der Waals surface area contributed by atoms with Gasteiger partial charge in [-0.15, -0.1) is 0 Å². The second-order valence-corrected chi connectivity index (χ2v) is 4.70. The number of carbonyl (C=O) groups is 1. The van der Waals surface area contributed by atoms with Crippen molar-refractivity contribution in [1.29, 1.82) is 0 Å². The predicted molar refractivity (Wildman–Crippen MR) is 54.9 cm³/mol. The van der Waals surface area contributed by atoms with Crippen LogP contribution in [0.2, 0.25) is 0 Å².